The summed E-state index contributed by atoms with van der Waals surface area (Å²) < 4.78 is 0. The van der Waals surface area contributed by atoms with Gasteiger partial charge >= 0.3 is 0 Å². The molecule has 9 aromatic carbocycles. The molecule has 1 aromatic heterocycles. The van der Waals surface area contributed by atoms with Crippen molar-refractivity contribution in [3.63, 3.8) is 0 Å². The second-order valence-corrected chi connectivity index (χ2v) is 15.8. The molecule has 0 aliphatic heterocycles. The van der Waals surface area contributed by atoms with Gasteiger partial charge in [0.25, 0.3) is 0 Å². The van der Waals surface area contributed by atoms with E-state index >= 15 is 0 Å². The van der Waals surface area contributed by atoms with Gasteiger partial charge in [-0.15, -0.1) is 0 Å². The molecule has 274 valence electrons. The Morgan fingerprint density at radius 3 is 1.64 bits per heavy atom. The van der Waals surface area contributed by atoms with Gasteiger partial charge in [0, 0.05) is 39.0 Å². The second-order valence-electron chi connectivity index (χ2n) is 15.8. The Labute approximate surface area is 338 Å². The third kappa shape index (κ3) is 5.50. The van der Waals surface area contributed by atoms with Crippen LogP contribution in [0, 0.1) is 0 Å². The summed E-state index contributed by atoms with van der Waals surface area (Å²) in [5.74, 6) is 0. The molecule has 0 atom stereocenters. The van der Waals surface area contributed by atoms with Crippen molar-refractivity contribution in [3.8, 4) is 44.8 Å². The number of hydrogen-bond acceptors (Lipinski definition) is 3. The number of benzene rings is 9. The van der Waals surface area contributed by atoms with E-state index in [9.17, 15) is 0 Å². The van der Waals surface area contributed by atoms with Crippen molar-refractivity contribution in [1.29, 1.82) is 0 Å². The van der Waals surface area contributed by atoms with Gasteiger partial charge in [-0.05, 0) is 104 Å². The van der Waals surface area contributed by atoms with E-state index in [0.29, 0.717) is 0 Å². The van der Waals surface area contributed by atoms with Crippen LogP contribution >= 0.6 is 0 Å². The Bertz CT molecular complexity index is 3130. The van der Waals surface area contributed by atoms with Gasteiger partial charge in [-0.3, -0.25) is 0 Å². The molecule has 3 heteroatoms. The van der Waals surface area contributed by atoms with E-state index in [1.165, 1.54) is 44.2 Å². The third-order valence-corrected chi connectivity index (χ3v) is 12.0. The van der Waals surface area contributed by atoms with Gasteiger partial charge in [-0.25, -0.2) is 9.97 Å². The SMILES string of the molecule is CC1(C)c2ccc(-c3ccc4c(ccc5ccc6nc(-c7ccccc7)c(-c7ccccc7)nc6c54)c3)cc2-c2ccc(N(c3ccccc3)c3ccccc3)cc21. The molecular weight excluding hydrogens is 703 g/mol. The zero-order chi connectivity index (χ0) is 38.8. The second kappa shape index (κ2) is 13.4. The van der Waals surface area contributed by atoms with Crippen LogP contribution in [0.5, 0.6) is 0 Å². The molecule has 3 nitrogen and oxygen atoms in total. The highest BCUT2D eigenvalue weighted by Crippen LogP contribution is 2.52. The lowest BCUT2D eigenvalue weighted by molar-refractivity contribution is 0.660. The van der Waals surface area contributed by atoms with E-state index in [0.717, 1.165) is 61.4 Å². The van der Waals surface area contributed by atoms with Crippen LogP contribution in [0.4, 0.5) is 17.1 Å². The first-order chi connectivity index (χ1) is 28.5. The summed E-state index contributed by atoms with van der Waals surface area (Å²) in [6, 6.07) is 71.8. The van der Waals surface area contributed by atoms with Crippen LogP contribution in [0.1, 0.15) is 25.0 Å². The maximum atomic E-state index is 5.44. The van der Waals surface area contributed by atoms with Crippen molar-refractivity contribution in [2.45, 2.75) is 19.3 Å². The van der Waals surface area contributed by atoms with Crippen LogP contribution in [0.3, 0.4) is 0 Å². The largest absolute Gasteiger partial charge is 0.310 e. The number of anilines is 3. The molecule has 1 aliphatic rings. The smallest absolute Gasteiger partial charge is 0.0979 e. The van der Waals surface area contributed by atoms with Crippen LogP contribution in [-0.2, 0) is 5.41 Å². The number of aromatic nitrogens is 2. The van der Waals surface area contributed by atoms with Crippen molar-refractivity contribution in [3.05, 3.63) is 211 Å². The summed E-state index contributed by atoms with van der Waals surface area (Å²) in [6.45, 7) is 4.72. The maximum absolute atomic E-state index is 5.44. The summed E-state index contributed by atoms with van der Waals surface area (Å²) in [7, 11) is 0. The molecule has 1 heterocycles. The number of hydrogen-bond donors (Lipinski definition) is 0. The number of para-hydroxylation sites is 2. The zero-order valence-electron chi connectivity index (χ0n) is 32.4. The molecule has 1 aliphatic carbocycles. The molecule has 0 radical (unpaired) electrons. The van der Waals surface area contributed by atoms with E-state index in [4.69, 9.17) is 9.97 Å². The Morgan fingerprint density at radius 1 is 0.397 bits per heavy atom. The normalized spacial score (nSPS) is 12.8. The first kappa shape index (κ1) is 33.9. The Morgan fingerprint density at radius 2 is 0.966 bits per heavy atom. The maximum Gasteiger partial charge on any atom is 0.0979 e. The molecule has 0 spiro atoms. The molecule has 0 fully saturated rings. The van der Waals surface area contributed by atoms with Crippen molar-refractivity contribution in [1.82, 2.24) is 9.97 Å². The van der Waals surface area contributed by atoms with Gasteiger partial charge in [0.2, 0.25) is 0 Å². The van der Waals surface area contributed by atoms with Crippen molar-refractivity contribution in [2.24, 2.45) is 0 Å². The Hall–Kier alpha value is -7.36. The summed E-state index contributed by atoms with van der Waals surface area (Å²) in [5, 5.41) is 4.64. The molecule has 0 unspecified atom stereocenters. The highest BCUT2D eigenvalue weighted by molar-refractivity contribution is 6.19. The quantitative estimate of drug-likeness (QED) is 0.159. The minimum atomic E-state index is -0.151. The van der Waals surface area contributed by atoms with Gasteiger partial charge in [-0.2, -0.15) is 0 Å². The lowest BCUT2D eigenvalue weighted by Crippen LogP contribution is -2.16. The highest BCUT2D eigenvalue weighted by atomic mass is 15.1. The Kier molecular flexibility index (Phi) is 7.84. The summed E-state index contributed by atoms with van der Waals surface area (Å²) >= 11 is 0. The zero-order valence-corrected chi connectivity index (χ0v) is 32.4. The van der Waals surface area contributed by atoms with Crippen molar-refractivity contribution in [2.75, 3.05) is 4.90 Å². The van der Waals surface area contributed by atoms with Gasteiger partial charge in [-0.1, -0.05) is 159 Å². The topological polar surface area (TPSA) is 29.0 Å². The minimum Gasteiger partial charge on any atom is -0.310 e. The standard InChI is InChI=1S/C55H39N3/c1-55(2)48-31-26-40(34-47(48)46-30-28-44(35-49(46)55)58(42-19-11-5-12-20-42)43-21-13-6-14-22-43)39-25-29-45-41(33-39)24-23-36-27-32-50-54(51(36)45)57-53(38-17-9-4-10-18-38)52(56-50)37-15-7-3-8-16-37/h3-35H,1-2H3. The molecule has 0 saturated carbocycles. The van der Waals surface area contributed by atoms with E-state index in [1.54, 1.807) is 0 Å². The first-order valence-corrected chi connectivity index (χ1v) is 20.0. The number of fused-ring (bicyclic) bond motifs is 8. The summed E-state index contributed by atoms with van der Waals surface area (Å²) in [5.41, 5.74) is 16.7. The highest BCUT2D eigenvalue weighted by Gasteiger charge is 2.36. The van der Waals surface area contributed by atoms with E-state index < -0.39 is 0 Å². The van der Waals surface area contributed by atoms with E-state index in [-0.39, 0.29) is 5.41 Å². The predicted molar refractivity (Wildman–Crippen MR) is 243 cm³/mol. The average molecular weight is 742 g/mol. The average Bonchev–Trinajstić information content (AvgIpc) is 3.51. The van der Waals surface area contributed by atoms with Crippen LogP contribution in [-0.4, -0.2) is 9.97 Å². The fourth-order valence-corrected chi connectivity index (χ4v) is 9.10. The van der Waals surface area contributed by atoms with Crippen LogP contribution in [0.2, 0.25) is 0 Å². The fourth-order valence-electron chi connectivity index (χ4n) is 9.10. The molecule has 58 heavy (non-hydrogen) atoms. The number of rotatable bonds is 6. The summed E-state index contributed by atoms with van der Waals surface area (Å²) in [4.78, 5) is 13.1. The van der Waals surface area contributed by atoms with Crippen molar-refractivity contribution >= 4 is 49.6 Å². The molecule has 0 bridgehead atoms. The molecular formula is C55H39N3. The molecule has 11 rings (SSSR count). The first-order valence-electron chi connectivity index (χ1n) is 20.0. The number of nitrogens with zero attached hydrogens (tertiary/aromatic N) is 3. The lowest BCUT2D eigenvalue weighted by atomic mass is 9.82. The van der Waals surface area contributed by atoms with Gasteiger partial charge in [0.15, 0.2) is 0 Å². The van der Waals surface area contributed by atoms with E-state index in [2.05, 4.69) is 207 Å². The van der Waals surface area contributed by atoms with Gasteiger partial charge in [0.1, 0.15) is 0 Å². The molecule has 0 amide bonds. The van der Waals surface area contributed by atoms with Gasteiger partial charge < -0.3 is 4.90 Å². The monoisotopic (exact) mass is 741 g/mol. The van der Waals surface area contributed by atoms with E-state index in [1.807, 2.05) is 12.1 Å². The fraction of sp³-hybridized carbons (Fsp3) is 0.0545. The van der Waals surface area contributed by atoms with Gasteiger partial charge in [0.05, 0.1) is 22.4 Å². The minimum absolute atomic E-state index is 0.151. The molecule has 0 N–H and O–H groups in total. The van der Waals surface area contributed by atoms with Crippen molar-refractivity contribution < 1.29 is 0 Å². The summed E-state index contributed by atoms with van der Waals surface area (Å²) in [6.07, 6.45) is 0. The van der Waals surface area contributed by atoms with Crippen LogP contribution in [0.15, 0.2) is 200 Å². The lowest BCUT2D eigenvalue weighted by Gasteiger charge is -2.28. The Balaban J connectivity index is 1.02. The third-order valence-electron chi connectivity index (χ3n) is 12.0. The molecule has 10 aromatic rings. The predicted octanol–water partition coefficient (Wildman–Crippen LogP) is 14.7. The molecule has 0 saturated heterocycles. The van der Waals surface area contributed by atoms with Crippen LogP contribution in [0.25, 0.3) is 77.3 Å². The van der Waals surface area contributed by atoms with Crippen LogP contribution < -0.4 is 4.90 Å².